The molecule has 112 valence electrons. The first-order valence-corrected chi connectivity index (χ1v) is 6.95. The predicted molar refractivity (Wildman–Crippen MR) is 81.8 cm³/mol. The van der Waals surface area contributed by atoms with Crippen LogP contribution in [0.3, 0.4) is 0 Å². The quantitative estimate of drug-likeness (QED) is 0.930. The summed E-state index contributed by atoms with van der Waals surface area (Å²) < 4.78 is 5.33. The van der Waals surface area contributed by atoms with Crippen LogP contribution in [0.2, 0.25) is 0 Å². The first-order valence-electron chi connectivity index (χ1n) is 6.95. The third kappa shape index (κ3) is 5.02. The monoisotopic (exact) mass is 298 g/mol. The van der Waals surface area contributed by atoms with E-state index in [0.717, 1.165) is 44.5 Å². The molecule has 2 rings (SSSR count). The maximum absolute atomic E-state index is 11.9. The summed E-state index contributed by atoms with van der Waals surface area (Å²) in [7, 11) is 0. The van der Waals surface area contributed by atoms with Gasteiger partial charge in [-0.1, -0.05) is 30.3 Å². The molecule has 5 heteroatoms. The zero-order valence-corrected chi connectivity index (χ0v) is 12.5. The molecule has 1 heterocycles. The minimum absolute atomic E-state index is 0. The van der Waals surface area contributed by atoms with E-state index in [9.17, 15) is 4.79 Å². The molecule has 1 aliphatic heterocycles. The van der Waals surface area contributed by atoms with Crippen LogP contribution in [0.25, 0.3) is 0 Å². The molecule has 1 fully saturated rings. The Morgan fingerprint density at radius 3 is 2.50 bits per heavy atom. The van der Waals surface area contributed by atoms with Crippen LogP contribution < -0.4 is 5.73 Å². The van der Waals surface area contributed by atoms with Gasteiger partial charge in [0.2, 0.25) is 0 Å². The number of carbonyl (C=O) groups excluding carboxylic acids is 1. The molecule has 0 aliphatic carbocycles. The summed E-state index contributed by atoms with van der Waals surface area (Å²) in [5, 5.41) is 0. The van der Waals surface area contributed by atoms with Crippen molar-refractivity contribution in [1.29, 1.82) is 0 Å². The summed E-state index contributed by atoms with van der Waals surface area (Å²) in [5.41, 5.74) is 6.58. The number of likely N-dealkylation sites (tertiary alicyclic amines) is 1. The third-order valence-corrected chi connectivity index (χ3v) is 3.65. The van der Waals surface area contributed by atoms with Gasteiger partial charge in [0.05, 0.1) is 0 Å². The van der Waals surface area contributed by atoms with E-state index in [4.69, 9.17) is 10.5 Å². The number of rotatable bonds is 4. The molecule has 0 bridgehead atoms. The molecule has 0 atom stereocenters. The van der Waals surface area contributed by atoms with Crippen molar-refractivity contribution in [1.82, 2.24) is 4.90 Å². The number of ether oxygens (including phenoxy) is 1. The highest BCUT2D eigenvalue weighted by Crippen LogP contribution is 2.20. The number of nitrogens with two attached hydrogens (primary N) is 1. The second-order valence-corrected chi connectivity index (χ2v) is 5.05. The minimum atomic E-state index is -0.199. The Balaban J connectivity index is 0.00000200. The summed E-state index contributed by atoms with van der Waals surface area (Å²) in [6.07, 6.45) is 2.94. The number of carbonyl (C=O) groups is 1. The Labute approximate surface area is 126 Å². The molecule has 1 saturated heterocycles. The molecular weight excluding hydrogens is 276 g/mol. The Bertz CT molecular complexity index is 392. The van der Waals surface area contributed by atoms with Gasteiger partial charge in [-0.3, -0.25) is 0 Å². The van der Waals surface area contributed by atoms with Crippen molar-refractivity contribution in [2.24, 2.45) is 11.7 Å². The smallest absolute Gasteiger partial charge is 0.410 e. The number of hydrogen-bond acceptors (Lipinski definition) is 3. The minimum Gasteiger partial charge on any atom is -0.445 e. The van der Waals surface area contributed by atoms with Gasteiger partial charge in [-0.25, -0.2) is 4.79 Å². The maximum atomic E-state index is 11.9. The van der Waals surface area contributed by atoms with Gasteiger partial charge in [0, 0.05) is 13.1 Å². The Kier molecular flexibility index (Phi) is 7.41. The van der Waals surface area contributed by atoms with Crippen LogP contribution in [0, 0.1) is 5.92 Å². The average Bonchev–Trinajstić information content (AvgIpc) is 2.47. The average molecular weight is 299 g/mol. The van der Waals surface area contributed by atoms with Gasteiger partial charge in [0.15, 0.2) is 0 Å². The van der Waals surface area contributed by atoms with E-state index in [-0.39, 0.29) is 18.5 Å². The Hall–Kier alpha value is -1.26. The Morgan fingerprint density at radius 2 is 1.90 bits per heavy atom. The van der Waals surface area contributed by atoms with Crippen molar-refractivity contribution in [3.05, 3.63) is 35.9 Å². The van der Waals surface area contributed by atoms with Gasteiger partial charge in [0.25, 0.3) is 0 Å². The zero-order valence-electron chi connectivity index (χ0n) is 11.7. The Morgan fingerprint density at radius 1 is 1.25 bits per heavy atom. The molecule has 0 aromatic heterocycles. The number of hydrogen-bond donors (Lipinski definition) is 1. The van der Waals surface area contributed by atoms with E-state index in [1.165, 1.54) is 0 Å². The van der Waals surface area contributed by atoms with Gasteiger partial charge in [-0.05, 0) is 37.3 Å². The summed E-state index contributed by atoms with van der Waals surface area (Å²) in [6, 6.07) is 9.76. The SMILES string of the molecule is Cl.NCCC1CCN(C(=O)OCc2ccccc2)CC1. The molecule has 0 radical (unpaired) electrons. The van der Waals surface area contributed by atoms with Gasteiger partial charge < -0.3 is 15.4 Å². The molecule has 1 aliphatic rings. The fraction of sp³-hybridized carbons (Fsp3) is 0.533. The lowest BCUT2D eigenvalue weighted by Crippen LogP contribution is -2.39. The fourth-order valence-corrected chi connectivity index (χ4v) is 2.45. The van der Waals surface area contributed by atoms with Crippen molar-refractivity contribution in [2.75, 3.05) is 19.6 Å². The molecule has 1 aromatic rings. The predicted octanol–water partition coefficient (Wildman–Crippen LogP) is 2.81. The summed E-state index contributed by atoms with van der Waals surface area (Å²) >= 11 is 0. The van der Waals surface area contributed by atoms with Crippen molar-refractivity contribution >= 4 is 18.5 Å². The molecule has 0 unspecified atom stereocenters. The van der Waals surface area contributed by atoms with E-state index in [1.54, 1.807) is 4.90 Å². The van der Waals surface area contributed by atoms with Crippen LogP contribution in [0.15, 0.2) is 30.3 Å². The lowest BCUT2D eigenvalue weighted by Gasteiger charge is -2.31. The van der Waals surface area contributed by atoms with Gasteiger partial charge >= 0.3 is 6.09 Å². The standard InChI is InChI=1S/C15H22N2O2.ClH/c16-9-6-13-7-10-17(11-8-13)15(18)19-12-14-4-2-1-3-5-14;/h1-5,13H,6-12,16H2;1H. The van der Waals surface area contributed by atoms with Gasteiger partial charge in [-0.2, -0.15) is 0 Å². The topological polar surface area (TPSA) is 55.6 Å². The number of amides is 1. The zero-order chi connectivity index (χ0) is 13.5. The van der Waals surface area contributed by atoms with E-state index in [2.05, 4.69) is 0 Å². The molecule has 1 aromatic carbocycles. The van der Waals surface area contributed by atoms with Crippen molar-refractivity contribution < 1.29 is 9.53 Å². The molecule has 1 amide bonds. The van der Waals surface area contributed by atoms with Crippen LogP contribution in [0.1, 0.15) is 24.8 Å². The van der Waals surface area contributed by atoms with Crippen molar-refractivity contribution in [3.63, 3.8) is 0 Å². The summed E-state index contributed by atoms with van der Waals surface area (Å²) in [5.74, 6) is 0.670. The van der Waals surface area contributed by atoms with Gasteiger partial charge in [0.1, 0.15) is 6.61 Å². The first kappa shape index (κ1) is 16.8. The van der Waals surface area contributed by atoms with E-state index < -0.39 is 0 Å². The first-order chi connectivity index (χ1) is 9.29. The number of nitrogens with zero attached hydrogens (tertiary/aromatic N) is 1. The molecule has 0 spiro atoms. The summed E-state index contributed by atoms with van der Waals surface area (Å²) in [6.45, 7) is 2.67. The molecule has 2 N–H and O–H groups in total. The normalized spacial score (nSPS) is 15.6. The van der Waals surface area contributed by atoms with Crippen LogP contribution in [-0.2, 0) is 11.3 Å². The summed E-state index contributed by atoms with van der Waals surface area (Å²) in [4.78, 5) is 13.7. The number of benzene rings is 1. The van der Waals surface area contributed by atoms with Crippen LogP contribution in [0.5, 0.6) is 0 Å². The second kappa shape index (κ2) is 8.82. The number of piperidine rings is 1. The van der Waals surface area contributed by atoms with Gasteiger partial charge in [-0.15, -0.1) is 12.4 Å². The van der Waals surface area contributed by atoms with E-state index in [0.29, 0.717) is 12.5 Å². The van der Waals surface area contributed by atoms with Crippen molar-refractivity contribution in [3.8, 4) is 0 Å². The van der Waals surface area contributed by atoms with Crippen molar-refractivity contribution in [2.45, 2.75) is 25.9 Å². The lowest BCUT2D eigenvalue weighted by molar-refractivity contribution is 0.0817. The molecule has 20 heavy (non-hydrogen) atoms. The van der Waals surface area contributed by atoms with Crippen LogP contribution in [0.4, 0.5) is 4.79 Å². The molecular formula is C15H23ClN2O2. The van der Waals surface area contributed by atoms with E-state index in [1.807, 2.05) is 30.3 Å². The highest BCUT2D eigenvalue weighted by Gasteiger charge is 2.23. The maximum Gasteiger partial charge on any atom is 0.410 e. The third-order valence-electron chi connectivity index (χ3n) is 3.65. The molecule has 4 nitrogen and oxygen atoms in total. The second-order valence-electron chi connectivity index (χ2n) is 5.05. The van der Waals surface area contributed by atoms with E-state index >= 15 is 0 Å². The van der Waals surface area contributed by atoms with Crippen LogP contribution in [-0.4, -0.2) is 30.6 Å². The molecule has 0 saturated carbocycles. The number of halogens is 1. The lowest BCUT2D eigenvalue weighted by atomic mass is 9.94. The highest BCUT2D eigenvalue weighted by molar-refractivity contribution is 5.85. The highest BCUT2D eigenvalue weighted by atomic mass is 35.5. The van der Waals surface area contributed by atoms with Crippen LogP contribution >= 0.6 is 12.4 Å². The largest absolute Gasteiger partial charge is 0.445 e. The fourth-order valence-electron chi connectivity index (χ4n) is 2.45.